The molecular weight excluding hydrogens is 293 g/mol. The predicted molar refractivity (Wildman–Crippen MR) is 64.7 cm³/mol. The van der Waals surface area contributed by atoms with Gasteiger partial charge in [-0.2, -0.15) is 0 Å². The fourth-order valence-corrected chi connectivity index (χ4v) is 3.98. The predicted octanol–water partition coefficient (Wildman–Crippen LogP) is 2.25. The Bertz CT molecular complexity index is 299. The van der Waals surface area contributed by atoms with Gasteiger partial charge in [-0.25, -0.2) is 0 Å². The Balaban J connectivity index is 2.59. The molecule has 0 saturated heterocycles. The third-order valence-corrected chi connectivity index (χ3v) is 5.45. The second-order valence-corrected chi connectivity index (χ2v) is 6.48. The quantitative estimate of drug-likeness (QED) is 0.847. The molecule has 1 aromatic carbocycles. The Morgan fingerprint density at radius 1 is 1.27 bits per heavy atom. The Kier molecular flexibility index (Phi) is 5.64. The van der Waals surface area contributed by atoms with Crippen molar-refractivity contribution in [1.82, 2.24) is 0 Å². The molecule has 0 aliphatic heterocycles. The number of rotatable bonds is 5. The normalized spacial score (nSPS) is 12.6. The third kappa shape index (κ3) is 4.53. The molecular formula is C12H19NOSn+2. The van der Waals surface area contributed by atoms with Gasteiger partial charge in [-0.05, 0) is 0 Å². The molecule has 2 nitrogen and oxygen atoms in total. The molecule has 0 radical (unpaired) electrons. The van der Waals surface area contributed by atoms with Crippen LogP contribution in [0.1, 0.15) is 37.9 Å². The van der Waals surface area contributed by atoms with Crippen molar-refractivity contribution < 1.29 is 3.07 Å². The molecule has 1 atom stereocenters. The molecule has 80 valence electrons. The molecule has 0 aliphatic carbocycles. The molecule has 0 saturated carbocycles. The second-order valence-electron chi connectivity index (χ2n) is 3.98. The molecule has 2 N–H and O–H groups in total. The average Bonchev–Trinajstić information content (AvgIpc) is 2.17. The van der Waals surface area contributed by atoms with Crippen molar-refractivity contribution in [3.8, 4) is 0 Å². The van der Waals surface area contributed by atoms with Crippen LogP contribution < -0.4 is 5.73 Å². The molecule has 15 heavy (non-hydrogen) atoms. The van der Waals surface area contributed by atoms with Crippen LogP contribution in [0.15, 0.2) is 24.3 Å². The molecule has 3 heteroatoms. The molecule has 0 amide bonds. The maximum absolute atomic E-state index is 5.92. The number of nitrogens with two attached hydrogens (primary N) is 1. The van der Waals surface area contributed by atoms with Gasteiger partial charge in [0.15, 0.2) is 0 Å². The van der Waals surface area contributed by atoms with E-state index in [4.69, 9.17) is 8.81 Å². The van der Waals surface area contributed by atoms with Crippen LogP contribution in [0.2, 0.25) is 0 Å². The van der Waals surface area contributed by atoms with Gasteiger partial charge in [0.05, 0.1) is 0 Å². The number of benzene rings is 1. The van der Waals surface area contributed by atoms with E-state index < -0.39 is 21.6 Å². The molecule has 0 spiro atoms. The molecule has 0 aromatic heterocycles. The van der Waals surface area contributed by atoms with Crippen LogP contribution in [0.3, 0.4) is 0 Å². The standard InChI is InChI=1S/C9H12N.C3H7O.Sn/c1-7-5-3-4-6-9(7)8(2)10;1-3(2)4;/h3-6,8H,1,10H2,2H3;3H,1-2H3;/q;-1;+3. The van der Waals surface area contributed by atoms with Crippen LogP contribution in [0.4, 0.5) is 0 Å². The van der Waals surface area contributed by atoms with Crippen LogP contribution >= 0.6 is 0 Å². The van der Waals surface area contributed by atoms with Gasteiger partial charge in [-0.15, -0.1) is 0 Å². The number of hydrogen-bond donors (Lipinski definition) is 1. The topological polar surface area (TPSA) is 35.2 Å². The first-order chi connectivity index (χ1) is 7.11. The molecule has 1 unspecified atom stereocenters. The fraction of sp³-hybridized carbons (Fsp3) is 0.500. The van der Waals surface area contributed by atoms with Crippen LogP contribution in [-0.2, 0) is 7.51 Å². The third-order valence-electron chi connectivity index (χ3n) is 2.13. The van der Waals surface area contributed by atoms with Gasteiger partial charge in [0, 0.05) is 0 Å². The summed E-state index contributed by atoms with van der Waals surface area (Å²) in [5, 5.41) is 0. The van der Waals surface area contributed by atoms with Crippen molar-refractivity contribution in [2.75, 3.05) is 0 Å². The molecule has 1 aromatic rings. The van der Waals surface area contributed by atoms with Crippen molar-refractivity contribution in [2.24, 2.45) is 5.73 Å². The monoisotopic (exact) mass is 313 g/mol. The van der Waals surface area contributed by atoms with Gasteiger partial charge in [0.2, 0.25) is 0 Å². The van der Waals surface area contributed by atoms with Crippen molar-refractivity contribution in [3.63, 3.8) is 0 Å². The molecule has 0 aliphatic rings. The summed E-state index contributed by atoms with van der Waals surface area (Å²) in [4.78, 5) is 0. The summed E-state index contributed by atoms with van der Waals surface area (Å²) in [5.41, 5.74) is 8.57. The summed E-state index contributed by atoms with van der Waals surface area (Å²) in [7, 11) is 0. The first-order valence-electron chi connectivity index (χ1n) is 5.33. The van der Waals surface area contributed by atoms with Crippen molar-refractivity contribution in [3.05, 3.63) is 35.4 Å². The summed E-state index contributed by atoms with van der Waals surface area (Å²) in [6.07, 6.45) is 0.374. The van der Waals surface area contributed by atoms with Crippen LogP contribution in [0.5, 0.6) is 0 Å². The number of hydrogen-bond acceptors (Lipinski definition) is 2. The van der Waals surface area contributed by atoms with E-state index in [1.807, 2.05) is 6.92 Å². The van der Waals surface area contributed by atoms with Gasteiger partial charge in [0.1, 0.15) is 0 Å². The van der Waals surface area contributed by atoms with Crippen LogP contribution in [0.25, 0.3) is 0 Å². The Hall–Kier alpha value is -0.0613. The van der Waals surface area contributed by atoms with E-state index in [9.17, 15) is 0 Å². The van der Waals surface area contributed by atoms with E-state index in [1.54, 1.807) is 0 Å². The van der Waals surface area contributed by atoms with Crippen molar-refractivity contribution in [2.45, 2.75) is 37.4 Å². The summed E-state index contributed by atoms with van der Waals surface area (Å²) in [6, 6.07) is 8.55. The zero-order valence-corrected chi connectivity index (χ0v) is 12.5. The van der Waals surface area contributed by atoms with Gasteiger partial charge >= 0.3 is 103 Å². The van der Waals surface area contributed by atoms with Gasteiger partial charge in [0.25, 0.3) is 0 Å². The van der Waals surface area contributed by atoms with Crippen LogP contribution in [-0.4, -0.2) is 27.7 Å². The Morgan fingerprint density at radius 2 is 1.93 bits per heavy atom. The van der Waals surface area contributed by atoms with E-state index in [2.05, 4.69) is 38.1 Å². The van der Waals surface area contributed by atoms with Gasteiger partial charge < -0.3 is 0 Å². The molecule has 0 heterocycles. The average molecular weight is 312 g/mol. The molecule has 0 bridgehead atoms. The Labute approximate surface area is 103 Å². The minimum absolute atomic E-state index is 0.125. The van der Waals surface area contributed by atoms with Crippen molar-refractivity contribution in [1.29, 1.82) is 0 Å². The van der Waals surface area contributed by atoms with Gasteiger partial charge in [-0.3, -0.25) is 0 Å². The molecule has 1 rings (SSSR count). The first kappa shape index (κ1) is 13.0. The fourth-order valence-electron chi connectivity index (χ4n) is 1.43. The second kappa shape index (κ2) is 6.51. The van der Waals surface area contributed by atoms with E-state index in [1.165, 1.54) is 11.1 Å². The van der Waals surface area contributed by atoms with E-state index in [0.717, 1.165) is 4.44 Å². The molecule has 0 fully saturated rings. The summed E-state index contributed by atoms with van der Waals surface area (Å²) >= 11 is -0.714. The van der Waals surface area contributed by atoms with Crippen LogP contribution in [0, 0.1) is 0 Å². The zero-order chi connectivity index (χ0) is 11.3. The van der Waals surface area contributed by atoms with E-state index in [-0.39, 0.29) is 6.04 Å². The zero-order valence-electron chi connectivity index (χ0n) is 9.66. The van der Waals surface area contributed by atoms with Crippen molar-refractivity contribution >= 4 is 21.6 Å². The minimum atomic E-state index is -0.714. The SMILES string of the molecule is CC(C)[O][Sn+2][CH2]c1ccccc1C(C)N. The first-order valence-corrected chi connectivity index (χ1v) is 8.51. The Morgan fingerprint density at radius 3 is 2.53 bits per heavy atom. The maximum atomic E-state index is 5.92. The summed E-state index contributed by atoms with van der Waals surface area (Å²) in [6.45, 7) is 6.23. The van der Waals surface area contributed by atoms with Gasteiger partial charge in [-0.1, -0.05) is 0 Å². The summed E-state index contributed by atoms with van der Waals surface area (Å²) in [5.74, 6) is 0. The summed E-state index contributed by atoms with van der Waals surface area (Å²) < 4.78 is 6.82. The van der Waals surface area contributed by atoms with E-state index in [0.29, 0.717) is 6.10 Å². The van der Waals surface area contributed by atoms with E-state index >= 15 is 0 Å².